The van der Waals surface area contributed by atoms with E-state index in [1.807, 2.05) is 24.3 Å². The highest BCUT2D eigenvalue weighted by atomic mass is 79.9. The number of pyridine rings is 1. The molecule has 1 aromatic carbocycles. The van der Waals surface area contributed by atoms with Crippen LogP contribution in [-0.2, 0) is 27.5 Å². The summed E-state index contributed by atoms with van der Waals surface area (Å²) in [6, 6.07) is 12.2. The van der Waals surface area contributed by atoms with E-state index in [1.165, 1.54) is 11.9 Å². The highest BCUT2D eigenvalue weighted by Crippen LogP contribution is 2.20. The van der Waals surface area contributed by atoms with Gasteiger partial charge in [0.1, 0.15) is 18.9 Å². The molecule has 3 aromatic rings. The first-order valence-corrected chi connectivity index (χ1v) is 12.3. The number of fused-ring (bicyclic) bond motifs is 1. The highest BCUT2D eigenvalue weighted by Gasteiger charge is 2.28. The van der Waals surface area contributed by atoms with E-state index < -0.39 is 29.8 Å². The quantitative estimate of drug-likeness (QED) is 0.246. The summed E-state index contributed by atoms with van der Waals surface area (Å²) in [7, 11) is 1.46. The molecule has 0 spiro atoms. The maximum absolute atomic E-state index is 12.8. The largest absolute Gasteiger partial charge is 0.443 e. The van der Waals surface area contributed by atoms with Crippen LogP contribution in [0, 0.1) is 0 Å². The highest BCUT2D eigenvalue weighted by molar-refractivity contribution is 9.10. The smallest absolute Gasteiger partial charge is 0.410 e. The first-order chi connectivity index (χ1) is 17.5. The molecule has 0 fully saturated rings. The Balaban J connectivity index is 1.86. The monoisotopic (exact) mass is 577 g/mol. The minimum absolute atomic E-state index is 0.0786. The summed E-state index contributed by atoms with van der Waals surface area (Å²) < 4.78 is 14.0. The van der Waals surface area contributed by atoms with Crippen molar-refractivity contribution in [2.75, 3.05) is 20.2 Å². The Morgan fingerprint density at radius 3 is 2.59 bits per heavy atom. The molecule has 37 heavy (non-hydrogen) atoms. The predicted molar refractivity (Wildman–Crippen MR) is 139 cm³/mol. The molecule has 2 aromatic heterocycles. The maximum atomic E-state index is 12.8. The average Bonchev–Trinajstić information content (AvgIpc) is 3.26. The van der Waals surface area contributed by atoms with Crippen LogP contribution in [0.5, 0.6) is 0 Å². The lowest BCUT2D eigenvalue weighted by Crippen LogP contribution is -2.51. The van der Waals surface area contributed by atoms with E-state index in [2.05, 4.69) is 31.4 Å². The molecule has 0 aliphatic heterocycles. The molecule has 2 amide bonds. The van der Waals surface area contributed by atoms with Crippen molar-refractivity contribution in [3.8, 4) is 0 Å². The number of nitrogens with two attached hydrogens (primary N) is 2. The Bertz CT molecular complexity index is 1230. The molecule has 200 valence electrons. The Hall–Kier alpha value is -3.10. The van der Waals surface area contributed by atoms with Gasteiger partial charge in [-0.15, -0.1) is 10.2 Å². The van der Waals surface area contributed by atoms with Gasteiger partial charge >= 0.3 is 6.09 Å². The van der Waals surface area contributed by atoms with E-state index in [-0.39, 0.29) is 19.8 Å². The molecule has 0 aliphatic rings. The molecule has 0 radical (unpaired) electrons. The van der Waals surface area contributed by atoms with Crippen molar-refractivity contribution in [3.63, 3.8) is 0 Å². The number of nitrogens with zero attached hydrogens (tertiary/aromatic N) is 4. The number of nitrogens with one attached hydrogen (secondary N) is 1. The van der Waals surface area contributed by atoms with Gasteiger partial charge in [0.25, 0.3) is 0 Å². The van der Waals surface area contributed by atoms with Crippen molar-refractivity contribution in [1.29, 1.82) is 0 Å². The summed E-state index contributed by atoms with van der Waals surface area (Å²) in [5.41, 5.74) is 12.2. The molecule has 6 N–H and O–H groups in total. The van der Waals surface area contributed by atoms with E-state index in [9.17, 15) is 14.7 Å². The number of hydrogen-bond donors (Lipinski definition) is 4. The Labute approximate surface area is 223 Å². The third kappa shape index (κ3) is 7.69. The Morgan fingerprint density at radius 2 is 1.92 bits per heavy atom. The lowest BCUT2D eigenvalue weighted by molar-refractivity contribution is -0.126. The average molecular weight is 578 g/mol. The van der Waals surface area contributed by atoms with E-state index in [4.69, 9.17) is 20.9 Å². The third-order valence-electron chi connectivity index (χ3n) is 5.35. The number of aliphatic hydroxyl groups excluding tert-OH is 1. The van der Waals surface area contributed by atoms with E-state index in [0.717, 1.165) is 10.0 Å². The zero-order chi connectivity index (χ0) is 27.2. The zero-order valence-electron chi connectivity index (χ0n) is 20.9. The van der Waals surface area contributed by atoms with Gasteiger partial charge in [0, 0.05) is 11.5 Å². The molecule has 13 heteroatoms. The van der Waals surface area contributed by atoms with E-state index in [0.29, 0.717) is 23.8 Å². The molecular formula is C24H32BrN7O5. The number of aliphatic hydroxyl groups is 1. The zero-order valence-corrected chi connectivity index (χ0v) is 22.5. The fraction of sp³-hybridized carbons (Fsp3) is 0.417. The first-order valence-electron chi connectivity index (χ1n) is 11.5. The van der Waals surface area contributed by atoms with Crippen LogP contribution in [0.15, 0.2) is 46.9 Å². The van der Waals surface area contributed by atoms with Crippen molar-refractivity contribution in [2.45, 2.75) is 44.9 Å². The van der Waals surface area contributed by atoms with Gasteiger partial charge in [-0.2, -0.15) is 0 Å². The summed E-state index contributed by atoms with van der Waals surface area (Å²) in [5, 5.41) is 20.7. The number of likely N-dealkylation sites (N-methyl/N-ethyl adjacent to an activating group) is 1. The predicted octanol–water partition coefficient (Wildman–Crippen LogP) is 1.45. The van der Waals surface area contributed by atoms with Crippen LogP contribution in [0.4, 0.5) is 4.79 Å². The fourth-order valence-electron chi connectivity index (χ4n) is 3.40. The van der Waals surface area contributed by atoms with Gasteiger partial charge in [-0.05, 0) is 37.6 Å². The lowest BCUT2D eigenvalue weighted by Gasteiger charge is -2.24. The van der Waals surface area contributed by atoms with Crippen molar-refractivity contribution in [1.82, 2.24) is 24.8 Å². The molecule has 2 atom stereocenters. The SMILES string of the molecule is CN(CC(N)O)C(=O)OCc1cccc2nnc([C@@H](COCc3ccccc3Br)NC(=O)C(C)(C)N)n12. The van der Waals surface area contributed by atoms with Crippen LogP contribution < -0.4 is 16.8 Å². The number of amides is 2. The van der Waals surface area contributed by atoms with E-state index >= 15 is 0 Å². The third-order valence-corrected chi connectivity index (χ3v) is 6.13. The number of carbonyl (C=O) groups is 2. The topological polar surface area (TPSA) is 170 Å². The second kappa shape index (κ2) is 12.4. The van der Waals surface area contributed by atoms with Gasteiger partial charge in [-0.25, -0.2) is 4.79 Å². The lowest BCUT2D eigenvalue weighted by atomic mass is 10.1. The minimum Gasteiger partial charge on any atom is -0.443 e. The number of aromatic nitrogens is 3. The number of benzene rings is 1. The van der Waals surface area contributed by atoms with Crippen molar-refractivity contribution in [2.24, 2.45) is 11.5 Å². The molecule has 1 unspecified atom stereocenters. The standard InChI is InChI=1S/C24H32BrN7O5/c1-24(2,27)22(34)28-18(14-36-12-15-7-4-5-9-17(15)25)21-30-29-20-10-6-8-16(32(20)21)13-37-23(35)31(3)11-19(26)33/h4-10,18-19,33H,11-14,26-27H2,1-3H3,(H,28,34)/t18-,19?/m1/s1. The van der Waals surface area contributed by atoms with Crippen LogP contribution in [0.25, 0.3) is 5.65 Å². The molecule has 3 rings (SSSR count). The maximum Gasteiger partial charge on any atom is 0.410 e. The number of hydrogen-bond acceptors (Lipinski definition) is 9. The summed E-state index contributed by atoms with van der Waals surface area (Å²) in [4.78, 5) is 26.3. The number of ether oxygens (including phenoxy) is 2. The molecular weight excluding hydrogens is 546 g/mol. The second-order valence-corrected chi connectivity index (χ2v) is 9.98. The van der Waals surface area contributed by atoms with Crippen LogP contribution >= 0.6 is 15.9 Å². The second-order valence-electron chi connectivity index (χ2n) is 9.13. The van der Waals surface area contributed by atoms with Gasteiger partial charge in [0.15, 0.2) is 11.5 Å². The number of carbonyl (C=O) groups excluding carboxylic acids is 2. The van der Waals surface area contributed by atoms with Crippen LogP contribution in [-0.4, -0.2) is 68.6 Å². The van der Waals surface area contributed by atoms with Gasteiger partial charge in [0.05, 0.1) is 31.0 Å². The minimum atomic E-state index is -1.18. The molecule has 12 nitrogen and oxygen atoms in total. The number of rotatable bonds is 11. The van der Waals surface area contributed by atoms with E-state index in [1.54, 1.807) is 36.4 Å². The van der Waals surface area contributed by atoms with Crippen LogP contribution in [0.1, 0.15) is 37.0 Å². The van der Waals surface area contributed by atoms with Gasteiger partial charge in [0.2, 0.25) is 5.91 Å². The van der Waals surface area contributed by atoms with Crippen LogP contribution in [0.2, 0.25) is 0 Å². The summed E-state index contributed by atoms with van der Waals surface area (Å²) in [5.74, 6) is -0.0123. The van der Waals surface area contributed by atoms with Gasteiger partial charge < -0.3 is 36.3 Å². The van der Waals surface area contributed by atoms with Gasteiger partial charge in [-0.1, -0.05) is 40.2 Å². The normalized spacial score (nSPS) is 13.3. The summed E-state index contributed by atoms with van der Waals surface area (Å²) >= 11 is 3.50. The van der Waals surface area contributed by atoms with Crippen molar-refractivity contribution < 1.29 is 24.2 Å². The molecule has 0 saturated carbocycles. The van der Waals surface area contributed by atoms with Crippen molar-refractivity contribution >= 4 is 33.6 Å². The number of halogens is 1. The van der Waals surface area contributed by atoms with Gasteiger partial charge in [-0.3, -0.25) is 9.20 Å². The Morgan fingerprint density at radius 1 is 1.19 bits per heavy atom. The molecule has 2 heterocycles. The summed E-state index contributed by atoms with van der Waals surface area (Å²) in [6.45, 7) is 3.37. The fourth-order valence-corrected chi connectivity index (χ4v) is 3.80. The van der Waals surface area contributed by atoms with Crippen LogP contribution in [0.3, 0.4) is 0 Å². The summed E-state index contributed by atoms with van der Waals surface area (Å²) in [6.07, 6.45) is -1.85. The first kappa shape index (κ1) is 28.5. The molecule has 0 saturated heterocycles. The van der Waals surface area contributed by atoms with Crippen molar-refractivity contribution in [3.05, 3.63) is 64.0 Å². The molecule has 0 bridgehead atoms. The Kier molecular flexibility index (Phi) is 9.56. The molecule has 0 aliphatic carbocycles.